The predicted molar refractivity (Wildman–Crippen MR) is 55.6 cm³/mol. The monoisotopic (exact) mass is 199 g/mol. The van der Waals surface area contributed by atoms with E-state index in [4.69, 9.17) is 0 Å². The van der Waals surface area contributed by atoms with E-state index in [-0.39, 0.29) is 0 Å². The highest BCUT2D eigenvalue weighted by Gasteiger charge is 2.02. The normalized spacial score (nSPS) is 10.2. The largest absolute Gasteiger partial charge is 0.208 e. The molecule has 0 bridgehead atoms. The molecule has 6 heteroatoms. The Kier molecular flexibility index (Phi) is 3.88. The second-order valence-corrected chi connectivity index (χ2v) is 3.63. The Hall–Kier alpha value is -0.225. The Morgan fingerprint density at radius 3 is 1.92 bits per heavy atom. The van der Waals surface area contributed by atoms with Crippen LogP contribution in [0.2, 0.25) is 0 Å². The van der Waals surface area contributed by atoms with Gasteiger partial charge in [-0.15, -0.1) is 0 Å². The molecular formula is C6H10BN3S2. The Morgan fingerprint density at radius 1 is 1.08 bits per heavy atom. The van der Waals surface area contributed by atoms with Gasteiger partial charge in [0, 0.05) is 0 Å². The maximum atomic E-state index is 4.25. The van der Waals surface area contributed by atoms with E-state index >= 15 is 0 Å². The lowest BCUT2D eigenvalue weighted by Gasteiger charge is -2.00. The van der Waals surface area contributed by atoms with Crippen LogP contribution in [-0.4, -0.2) is 35.3 Å². The zero-order chi connectivity index (χ0) is 8.97. The first kappa shape index (κ1) is 9.86. The summed E-state index contributed by atoms with van der Waals surface area (Å²) in [5.74, 6) is 0.874. The first-order valence-corrected chi connectivity index (χ1v) is 6.08. The highest BCUT2D eigenvalue weighted by molar-refractivity contribution is 7.99. The summed E-state index contributed by atoms with van der Waals surface area (Å²) in [4.78, 5) is 12.7. The third kappa shape index (κ3) is 2.38. The number of nitrogens with zero attached hydrogens (tertiary/aromatic N) is 3. The Labute approximate surface area is 81.6 Å². The zero-order valence-corrected chi connectivity index (χ0v) is 9.00. The lowest BCUT2D eigenvalue weighted by atomic mass is 10.1. The Balaban J connectivity index is 3.01. The van der Waals surface area contributed by atoms with E-state index in [9.17, 15) is 0 Å². The summed E-state index contributed by atoms with van der Waals surface area (Å²) in [6.45, 7) is 0. The highest BCUT2D eigenvalue weighted by Crippen LogP contribution is 2.13. The average Bonchev–Trinajstić information content (AvgIpc) is 2.16. The molecule has 0 fully saturated rings. The minimum absolute atomic E-state index is 0.811. The standard InChI is InChI=1S/C6H10BN3S2/c1-11-5-8-4(3-7)9-6(10-5)12-2/h3,7H2,1-2H3. The van der Waals surface area contributed by atoms with Gasteiger partial charge in [-0.2, -0.15) is 4.98 Å². The fourth-order valence-electron chi connectivity index (χ4n) is 0.718. The number of thioether (sulfide) groups is 2. The van der Waals surface area contributed by atoms with E-state index in [0.717, 1.165) is 22.5 Å². The van der Waals surface area contributed by atoms with Crippen molar-refractivity contribution in [1.29, 1.82) is 0 Å². The van der Waals surface area contributed by atoms with Gasteiger partial charge < -0.3 is 0 Å². The van der Waals surface area contributed by atoms with E-state index in [0.29, 0.717) is 0 Å². The minimum atomic E-state index is 0.811. The van der Waals surface area contributed by atoms with E-state index < -0.39 is 0 Å². The van der Waals surface area contributed by atoms with Gasteiger partial charge in [-0.25, -0.2) is 9.97 Å². The second kappa shape index (κ2) is 4.72. The van der Waals surface area contributed by atoms with Crippen molar-refractivity contribution < 1.29 is 0 Å². The minimum Gasteiger partial charge on any atom is -0.208 e. The number of hydrogen-bond donors (Lipinski definition) is 0. The molecule has 0 spiro atoms. The molecule has 0 radical (unpaired) electrons. The zero-order valence-electron chi connectivity index (χ0n) is 7.37. The maximum Gasteiger partial charge on any atom is 0.191 e. The van der Waals surface area contributed by atoms with Gasteiger partial charge in [-0.05, 0) is 18.8 Å². The SMILES string of the molecule is BCc1nc(SC)nc(SC)n1. The topological polar surface area (TPSA) is 38.7 Å². The van der Waals surface area contributed by atoms with Crippen molar-refractivity contribution in [3.8, 4) is 0 Å². The van der Waals surface area contributed by atoms with E-state index in [1.54, 1.807) is 23.5 Å². The fourth-order valence-corrected chi connectivity index (χ4v) is 1.52. The smallest absolute Gasteiger partial charge is 0.191 e. The quantitative estimate of drug-likeness (QED) is 0.522. The summed E-state index contributed by atoms with van der Waals surface area (Å²) in [6, 6.07) is 0. The lowest BCUT2D eigenvalue weighted by Crippen LogP contribution is -2.00. The molecule has 0 amide bonds. The summed E-state index contributed by atoms with van der Waals surface area (Å²) in [6.07, 6.45) is 4.81. The molecule has 0 aliphatic carbocycles. The summed E-state index contributed by atoms with van der Waals surface area (Å²) in [5, 5.41) is 1.62. The first-order chi connectivity index (χ1) is 5.80. The third-order valence-electron chi connectivity index (χ3n) is 1.32. The van der Waals surface area contributed by atoms with Crippen LogP contribution in [0, 0.1) is 0 Å². The third-order valence-corrected chi connectivity index (χ3v) is 2.42. The predicted octanol–water partition coefficient (Wildman–Crippen LogP) is 0.448. The molecule has 0 unspecified atom stereocenters. The summed E-state index contributed by atoms with van der Waals surface area (Å²) in [5.41, 5.74) is 0. The number of rotatable bonds is 3. The van der Waals surface area contributed by atoms with Gasteiger partial charge in [-0.3, -0.25) is 0 Å². The molecule has 0 saturated heterocycles. The Bertz CT molecular complexity index is 214. The van der Waals surface area contributed by atoms with E-state index in [1.165, 1.54) is 0 Å². The average molecular weight is 199 g/mol. The molecule has 0 aliphatic heterocycles. The molecule has 1 heterocycles. The van der Waals surface area contributed by atoms with Crippen LogP contribution in [0.15, 0.2) is 10.3 Å². The summed E-state index contributed by atoms with van der Waals surface area (Å²) >= 11 is 3.10. The lowest BCUT2D eigenvalue weighted by molar-refractivity contribution is 0.762. The molecule has 0 aliphatic rings. The van der Waals surface area contributed by atoms with Crippen molar-refractivity contribution in [3.63, 3.8) is 0 Å². The molecule has 0 atom stereocenters. The molecule has 1 rings (SSSR count). The van der Waals surface area contributed by atoms with Crippen LogP contribution < -0.4 is 0 Å². The van der Waals surface area contributed by atoms with E-state index in [1.807, 2.05) is 20.4 Å². The van der Waals surface area contributed by atoms with Crippen LogP contribution in [-0.2, 0) is 6.32 Å². The molecule has 12 heavy (non-hydrogen) atoms. The molecule has 1 aromatic rings. The number of aromatic nitrogens is 3. The van der Waals surface area contributed by atoms with Gasteiger partial charge in [0.1, 0.15) is 13.7 Å². The van der Waals surface area contributed by atoms with Crippen LogP contribution in [0.5, 0.6) is 0 Å². The summed E-state index contributed by atoms with van der Waals surface area (Å²) in [7, 11) is 2.05. The van der Waals surface area contributed by atoms with Gasteiger partial charge >= 0.3 is 0 Å². The molecule has 1 aromatic heterocycles. The maximum absolute atomic E-state index is 4.25. The Morgan fingerprint density at radius 2 is 1.58 bits per heavy atom. The molecule has 0 aromatic carbocycles. The first-order valence-electron chi connectivity index (χ1n) is 3.63. The fraction of sp³-hybridized carbons (Fsp3) is 0.500. The molecule has 0 N–H and O–H groups in total. The van der Waals surface area contributed by atoms with Gasteiger partial charge in [0.05, 0.1) is 0 Å². The van der Waals surface area contributed by atoms with Crippen LogP contribution in [0.1, 0.15) is 5.82 Å². The van der Waals surface area contributed by atoms with Crippen molar-refractivity contribution >= 4 is 31.4 Å². The number of hydrogen-bond acceptors (Lipinski definition) is 5. The van der Waals surface area contributed by atoms with Crippen molar-refractivity contribution in [3.05, 3.63) is 5.82 Å². The van der Waals surface area contributed by atoms with Crippen molar-refractivity contribution in [2.75, 3.05) is 12.5 Å². The molecule has 64 valence electrons. The summed E-state index contributed by atoms with van der Waals surface area (Å²) < 4.78 is 0. The van der Waals surface area contributed by atoms with Gasteiger partial charge in [0.2, 0.25) is 0 Å². The van der Waals surface area contributed by atoms with Gasteiger partial charge in [0.25, 0.3) is 0 Å². The van der Waals surface area contributed by atoms with Crippen molar-refractivity contribution in [1.82, 2.24) is 15.0 Å². The van der Waals surface area contributed by atoms with Crippen LogP contribution >= 0.6 is 23.5 Å². The van der Waals surface area contributed by atoms with Crippen LogP contribution in [0.4, 0.5) is 0 Å². The van der Waals surface area contributed by atoms with E-state index in [2.05, 4.69) is 15.0 Å². The van der Waals surface area contributed by atoms with Gasteiger partial charge in [-0.1, -0.05) is 23.5 Å². The molecule has 3 nitrogen and oxygen atoms in total. The van der Waals surface area contributed by atoms with Gasteiger partial charge in [0.15, 0.2) is 10.3 Å². The molecular weight excluding hydrogens is 189 g/mol. The second-order valence-electron chi connectivity index (χ2n) is 2.08. The molecule has 0 saturated carbocycles. The van der Waals surface area contributed by atoms with Crippen molar-refractivity contribution in [2.24, 2.45) is 0 Å². The van der Waals surface area contributed by atoms with Crippen molar-refractivity contribution in [2.45, 2.75) is 16.6 Å². The van der Waals surface area contributed by atoms with Crippen LogP contribution in [0.3, 0.4) is 0 Å². The highest BCUT2D eigenvalue weighted by atomic mass is 32.2. The van der Waals surface area contributed by atoms with Crippen LogP contribution in [0.25, 0.3) is 0 Å².